The molecule has 1 heterocycles. The van der Waals surface area contributed by atoms with Crippen molar-refractivity contribution in [2.45, 2.75) is 0 Å². The van der Waals surface area contributed by atoms with Crippen molar-refractivity contribution in [3.63, 3.8) is 0 Å². The minimum atomic E-state index is -0.269. The molecule has 3 nitrogen and oxygen atoms in total. The van der Waals surface area contributed by atoms with Gasteiger partial charge in [0.15, 0.2) is 0 Å². The maximum absolute atomic E-state index is 9.90. The van der Waals surface area contributed by atoms with Gasteiger partial charge in [0.2, 0.25) is 0 Å². The van der Waals surface area contributed by atoms with E-state index in [2.05, 4.69) is 9.98 Å². The molecule has 0 bridgehead atoms. The predicted molar refractivity (Wildman–Crippen MR) is 22.0 cm³/mol. The maximum Gasteiger partial charge on any atom is 0.289 e. The van der Waals surface area contributed by atoms with Crippen molar-refractivity contribution >= 4 is 18.5 Å². The monoisotopic (exact) mass is 122 g/mol. The Labute approximate surface area is 70.5 Å². The summed E-state index contributed by atoms with van der Waals surface area (Å²) >= 11 is 0. The van der Waals surface area contributed by atoms with Crippen LogP contribution >= 0.6 is 0 Å². The second-order valence-corrected chi connectivity index (χ2v) is 0.861. The number of amides is 1. The quantitative estimate of drug-likeness (QED) is 0.432. The van der Waals surface area contributed by atoms with E-state index in [4.69, 9.17) is 0 Å². The largest absolute Gasteiger partial charge is 0.289 e. The Morgan fingerprint density at radius 3 is 2.43 bits per heavy atom. The van der Waals surface area contributed by atoms with Gasteiger partial charge < -0.3 is 0 Å². The number of nitrogens with zero attached hydrogens (tertiary/aromatic N) is 2. The summed E-state index contributed by atoms with van der Waals surface area (Å²) < 4.78 is 0. The van der Waals surface area contributed by atoms with Crippen LogP contribution in [0.5, 0.6) is 0 Å². The second kappa shape index (κ2) is 3.29. The summed E-state index contributed by atoms with van der Waals surface area (Å²) in [4.78, 5) is 16.5. The first-order valence-electron chi connectivity index (χ1n) is 1.49. The van der Waals surface area contributed by atoms with Gasteiger partial charge in [-0.1, -0.05) is 0 Å². The van der Waals surface area contributed by atoms with E-state index in [0.29, 0.717) is 0 Å². The SMILES string of the molecule is O=C1C=NC=N1.[Ar]. The van der Waals surface area contributed by atoms with Crippen LogP contribution in [0.25, 0.3) is 0 Å². The van der Waals surface area contributed by atoms with Crippen LogP contribution in [0.4, 0.5) is 0 Å². The Morgan fingerprint density at radius 2 is 2.29 bits per heavy atom. The number of carbonyl (C=O) groups excluding carboxylic acids is 1. The molecule has 0 saturated heterocycles. The third-order valence-corrected chi connectivity index (χ3v) is 0.437. The van der Waals surface area contributed by atoms with E-state index in [0.717, 1.165) is 0 Å². The first kappa shape index (κ1) is 7.27. The summed E-state index contributed by atoms with van der Waals surface area (Å²) in [5.74, 6) is -0.269. The van der Waals surface area contributed by atoms with E-state index >= 15 is 0 Å². The fourth-order valence-electron chi connectivity index (χ4n) is 0.221. The van der Waals surface area contributed by atoms with Crippen LogP contribution in [0, 0.1) is 37.7 Å². The molecule has 0 fully saturated rings. The Kier molecular flexibility index (Phi) is 3.42. The van der Waals surface area contributed by atoms with Crippen LogP contribution in [0.2, 0.25) is 0 Å². The smallest absolute Gasteiger partial charge is 0.266 e. The van der Waals surface area contributed by atoms with Gasteiger partial charge in [-0.25, -0.2) is 4.99 Å². The Morgan fingerprint density at radius 1 is 1.57 bits per heavy atom. The van der Waals surface area contributed by atoms with Crippen molar-refractivity contribution in [2.24, 2.45) is 9.98 Å². The van der Waals surface area contributed by atoms with Gasteiger partial charge in [-0.3, -0.25) is 4.79 Å². The van der Waals surface area contributed by atoms with Crippen molar-refractivity contribution in [3.8, 4) is 0 Å². The molecule has 0 unspecified atom stereocenters. The average Bonchev–Trinajstić information content (AvgIpc) is 1.86. The number of carbonyl (C=O) groups is 1. The number of hydrogen-bond donors (Lipinski definition) is 0. The number of aliphatic imine (C=N–C) groups is 2. The molecule has 0 aliphatic carbocycles. The second-order valence-electron chi connectivity index (χ2n) is 0.861. The molecule has 0 N–H and O–H groups in total. The Balaban J connectivity index is 0.000000360. The van der Waals surface area contributed by atoms with Gasteiger partial charge in [-0.2, -0.15) is 4.99 Å². The van der Waals surface area contributed by atoms with Gasteiger partial charge >= 0.3 is 0 Å². The van der Waals surface area contributed by atoms with Crippen molar-refractivity contribution in [1.82, 2.24) is 0 Å². The molecule has 0 spiro atoms. The molecule has 38 valence electrons. The van der Waals surface area contributed by atoms with E-state index in [-0.39, 0.29) is 43.6 Å². The van der Waals surface area contributed by atoms with Crippen molar-refractivity contribution in [1.29, 1.82) is 0 Å². The van der Waals surface area contributed by atoms with E-state index in [1.807, 2.05) is 0 Å². The molecule has 1 aliphatic rings. The topological polar surface area (TPSA) is 41.8 Å². The van der Waals surface area contributed by atoms with Crippen LogP contribution in [-0.2, 0) is 4.79 Å². The third-order valence-electron chi connectivity index (χ3n) is 0.437. The standard InChI is InChI=1S/C3H2N2O.Ar/c6-3-1-4-2-5-3;/h1-2H;. The maximum atomic E-state index is 9.90. The van der Waals surface area contributed by atoms with E-state index in [1.54, 1.807) is 0 Å². The summed E-state index contributed by atoms with van der Waals surface area (Å²) in [5, 5.41) is 0. The molecular weight excluding hydrogens is 120 g/mol. The average molecular weight is 122 g/mol. The molecule has 7 heavy (non-hydrogen) atoms. The molecule has 4 heteroatoms. The van der Waals surface area contributed by atoms with Gasteiger partial charge in [0.25, 0.3) is 5.91 Å². The van der Waals surface area contributed by atoms with Crippen LogP contribution < -0.4 is 0 Å². The van der Waals surface area contributed by atoms with E-state index < -0.39 is 0 Å². The Hall–Kier alpha value is 0.270. The first-order chi connectivity index (χ1) is 2.89. The summed E-state index contributed by atoms with van der Waals surface area (Å²) in [7, 11) is 0. The molecule has 1 amide bonds. The first-order valence-corrected chi connectivity index (χ1v) is 1.49. The zero-order valence-electron chi connectivity index (χ0n) is 3.31. The van der Waals surface area contributed by atoms with Crippen LogP contribution in [0.15, 0.2) is 9.98 Å². The van der Waals surface area contributed by atoms with Gasteiger partial charge in [0, 0.05) is 37.7 Å². The zero-order valence-corrected chi connectivity index (χ0v) is 4.02. The minimum absolute atomic E-state index is 0. The molecule has 1 aliphatic heterocycles. The third kappa shape index (κ3) is 2.16. The van der Waals surface area contributed by atoms with Gasteiger partial charge in [0.1, 0.15) is 6.34 Å². The molecule has 0 aromatic rings. The van der Waals surface area contributed by atoms with E-state index in [9.17, 15) is 4.79 Å². The van der Waals surface area contributed by atoms with Gasteiger partial charge in [-0.05, 0) is 0 Å². The zero-order chi connectivity index (χ0) is 4.41. The molecular formula is C3H2ArN2O. The van der Waals surface area contributed by atoms with Crippen molar-refractivity contribution < 1.29 is 42.5 Å². The molecule has 0 aromatic heterocycles. The predicted octanol–water partition coefficient (Wildman–Crippen LogP) is -0.374. The summed E-state index contributed by atoms with van der Waals surface area (Å²) in [6.07, 6.45) is 2.39. The van der Waals surface area contributed by atoms with E-state index in [1.165, 1.54) is 12.6 Å². The van der Waals surface area contributed by atoms with Gasteiger partial charge in [-0.15, -0.1) is 0 Å². The molecule has 0 aromatic carbocycles. The fraction of sp³-hybridized carbons (Fsp3) is 0. The fourth-order valence-corrected chi connectivity index (χ4v) is 0.221. The molecule has 0 radical (unpaired) electrons. The number of hydrogen-bond acceptors (Lipinski definition) is 2. The summed E-state index contributed by atoms with van der Waals surface area (Å²) in [6.45, 7) is 0. The van der Waals surface area contributed by atoms with Crippen molar-refractivity contribution in [2.75, 3.05) is 0 Å². The van der Waals surface area contributed by atoms with Crippen LogP contribution in [-0.4, -0.2) is 18.5 Å². The van der Waals surface area contributed by atoms with Crippen LogP contribution in [0.3, 0.4) is 0 Å². The van der Waals surface area contributed by atoms with Crippen LogP contribution in [0.1, 0.15) is 0 Å². The summed E-state index contributed by atoms with van der Waals surface area (Å²) in [6, 6.07) is 0. The molecule has 0 atom stereocenters. The van der Waals surface area contributed by atoms with Crippen molar-refractivity contribution in [3.05, 3.63) is 0 Å². The molecule has 0 saturated carbocycles. The Bertz CT molecular complexity index is 115. The van der Waals surface area contributed by atoms with Gasteiger partial charge in [0.05, 0.1) is 6.21 Å². The summed E-state index contributed by atoms with van der Waals surface area (Å²) in [5.41, 5.74) is 0. The number of rotatable bonds is 0. The minimum Gasteiger partial charge on any atom is -0.266 e. The molecule has 1 rings (SSSR count). The normalized spacial score (nSPS) is 14.6.